The summed E-state index contributed by atoms with van der Waals surface area (Å²) in [6.07, 6.45) is 0. The second kappa shape index (κ2) is 10.1. The second-order valence-corrected chi connectivity index (χ2v) is 8.74. The van der Waals surface area contributed by atoms with Crippen molar-refractivity contribution in [1.29, 1.82) is 0 Å². The van der Waals surface area contributed by atoms with Crippen molar-refractivity contribution in [3.05, 3.63) is 107 Å². The van der Waals surface area contributed by atoms with Gasteiger partial charge in [0.05, 0.1) is 24.8 Å². The van der Waals surface area contributed by atoms with Crippen LogP contribution in [0.5, 0.6) is 5.75 Å². The van der Waals surface area contributed by atoms with Crippen LogP contribution in [0.2, 0.25) is 0 Å². The molecule has 36 heavy (non-hydrogen) atoms. The van der Waals surface area contributed by atoms with E-state index in [0.717, 1.165) is 39.3 Å². The van der Waals surface area contributed by atoms with E-state index in [4.69, 9.17) is 14.2 Å². The number of hydrogen-bond donors (Lipinski definition) is 1. The van der Waals surface area contributed by atoms with Crippen molar-refractivity contribution in [3.63, 3.8) is 0 Å². The Balaban J connectivity index is 1.54. The minimum absolute atomic E-state index is 0.183. The standard InChI is InChI=1S/C29H28N4O3/c1-4-35-24-16-12-21(13-17-24)18-33-20(3)25(26(30-29(33)34)22-8-6-5-7-9-22)28-31-27(32-36-28)23-14-10-19(2)11-15-23/h5-17,26H,4,18H2,1-3H3,(H,30,34). The zero-order chi connectivity index (χ0) is 25.1. The summed E-state index contributed by atoms with van der Waals surface area (Å²) in [5.74, 6) is 1.69. The normalized spacial score (nSPS) is 15.7. The number of nitrogens with one attached hydrogen (secondary N) is 1. The summed E-state index contributed by atoms with van der Waals surface area (Å²) in [7, 11) is 0. The van der Waals surface area contributed by atoms with Crippen molar-refractivity contribution in [1.82, 2.24) is 20.4 Å². The predicted octanol–water partition coefficient (Wildman–Crippen LogP) is 6.14. The molecule has 1 atom stereocenters. The predicted molar refractivity (Wildman–Crippen MR) is 138 cm³/mol. The van der Waals surface area contributed by atoms with E-state index in [-0.39, 0.29) is 6.03 Å². The van der Waals surface area contributed by atoms with Crippen molar-refractivity contribution < 1.29 is 14.1 Å². The molecule has 0 fully saturated rings. The number of allylic oxidation sites excluding steroid dienone is 1. The fourth-order valence-electron chi connectivity index (χ4n) is 4.34. The summed E-state index contributed by atoms with van der Waals surface area (Å²) in [5.41, 5.74) is 5.49. The Morgan fingerprint density at radius 1 is 0.972 bits per heavy atom. The lowest BCUT2D eigenvalue weighted by atomic mass is 9.94. The average Bonchev–Trinajstić information content (AvgIpc) is 3.38. The molecule has 1 N–H and O–H groups in total. The molecule has 4 aromatic rings. The average molecular weight is 481 g/mol. The van der Waals surface area contributed by atoms with E-state index in [1.807, 2.05) is 99.6 Å². The first kappa shape index (κ1) is 23.4. The van der Waals surface area contributed by atoms with E-state index in [0.29, 0.717) is 24.9 Å². The fraction of sp³-hybridized carbons (Fsp3) is 0.207. The van der Waals surface area contributed by atoms with Gasteiger partial charge in [0.1, 0.15) is 5.75 Å². The Hall–Kier alpha value is -4.39. The van der Waals surface area contributed by atoms with Crippen LogP contribution in [0.15, 0.2) is 89.1 Å². The third kappa shape index (κ3) is 4.73. The van der Waals surface area contributed by atoms with Crippen LogP contribution in [0.3, 0.4) is 0 Å². The first-order valence-corrected chi connectivity index (χ1v) is 12.0. The lowest BCUT2D eigenvalue weighted by Gasteiger charge is -2.35. The topological polar surface area (TPSA) is 80.5 Å². The van der Waals surface area contributed by atoms with Crippen molar-refractivity contribution in [2.45, 2.75) is 33.4 Å². The van der Waals surface area contributed by atoms with Gasteiger partial charge in [0.2, 0.25) is 5.82 Å². The van der Waals surface area contributed by atoms with Crippen LogP contribution in [0.4, 0.5) is 4.79 Å². The Kier molecular flexibility index (Phi) is 6.54. The number of aryl methyl sites for hydroxylation is 1. The van der Waals surface area contributed by atoms with Crippen molar-refractivity contribution in [2.75, 3.05) is 6.61 Å². The first-order chi connectivity index (χ1) is 17.5. The van der Waals surface area contributed by atoms with E-state index >= 15 is 0 Å². The van der Waals surface area contributed by atoms with Crippen LogP contribution < -0.4 is 10.1 Å². The number of aromatic nitrogens is 2. The van der Waals surface area contributed by atoms with E-state index in [1.54, 1.807) is 4.90 Å². The van der Waals surface area contributed by atoms with Crippen LogP contribution in [0.1, 0.15) is 42.5 Å². The molecule has 2 amide bonds. The molecule has 1 aliphatic heterocycles. The summed E-state index contributed by atoms with van der Waals surface area (Å²) >= 11 is 0. The lowest BCUT2D eigenvalue weighted by molar-refractivity contribution is 0.203. The van der Waals surface area contributed by atoms with Gasteiger partial charge in [0, 0.05) is 11.3 Å². The van der Waals surface area contributed by atoms with Gasteiger partial charge < -0.3 is 14.6 Å². The molecule has 0 spiro atoms. The molecule has 0 bridgehead atoms. The molecule has 0 aliphatic carbocycles. The lowest BCUT2D eigenvalue weighted by Crippen LogP contribution is -2.45. The van der Waals surface area contributed by atoms with Gasteiger partial charge >= 0.3 is 6.03 Å². The van der Waals surface area contributed by atoms with Crippen LogP contribution >= 0.6 is 0 Å². The third-order valence-corrected chi connectivity index (χ3v) is 6.27. The van der Waals surface area contributed by atoms with Crippen LogP contribution in [0.25, 0.3) is 17.0 Å². The molecular formula is C29H28N4O3. The molecule has 182 valence electrons. The molecule has 1 aliphatic rings. The molecule has 0 saturated heterocycles. The molecule has 0 radical (unpaired) electrons. The van der Waals surface area contributed by atoms with Gasteiger partial charge in [0.25, 0.3) is 5.89 Å². The Bertz CT molecular complexity index is 1380. The monoisotopic (exact) mass is 480 g/mol. The SMILES string of the molecule is CCOc1ccc(CN2C(=O)NC(c3ccccc3)C(c3nc(-c4ccc(C)cc4)no3)=C2C)cc1. The Labute approximate surface area is 210 Å². The number of hydrogen-bond acceptors (Lipinski definition) is 5. The number of urea groups is 1. The van der Waals surface area contributed by atoms with Crippen molar-refractivity contribution in [2.24, 2.45) is 0 Å². The number of amides is 2. The zero-order valence-electron chi connectivity index (χ0n) is 20.6. The highest BCUT2D eigenvalue weighted by Gasteiger charge is 2.35. The number of ether oxygens (including phenoxy) is 1. The highest BCUT2D eigenvalue weighted by molar-refractivity contribution is 5.86. The molecule has 1 unspecified atom stereocenters. The highest BCUT2D eigenvalue weighted by Crippen LogP contribution is 2.37. The van der Waals surface area contributed by atoms with E-state index in [9.17, 15) is 4.79 Å². The molecule has 7 heteroatoms. The maximum absolute atomic E-state index is 13.3. The van der Waals surface area contributed by atoms with Gasteiger partial charge in [-0.2, -0.15) is 4.98 Å². The van der Waals surface area contributed by atoms with E-state index < -0.39 is 6.04 Å². The van der Waals surface area contributed by atoms with Crippen molar-refractivity contribution in [3.8, 4) is 17.1 Å². The van der Waals surface area contributed by atoms with Gasteiger partial charge in [0.15, 0.2) is 0 Å². The molecular weight excluding hydrogens is 452 g/mol. The summed E-state index contributed by atoms with van der Waals surface area (Å²) in [4.78, 5) is 19.7. The number of benzene rings is 3. The van der Waals surface area contributed by atoms with Gasteiger partial charge in [-0.05, 0) is 44.0 Å². The minimum atomic E-state index is -0.415. The van der Waals surface area contributed by atoms with Crippen LogP contribution in [-0.2, 0) is 6.54 Å². The molecule has 0 saturated carbocycles. The smallest absolute Gasteiger partial charge is 0.322 e. The number of carbonyl (C=O) groups excluding carboxylic acids is 1. The van der Waals surface area contributed by atoms with E-state index in [1.165, 1.54) is 0 Å². The van der Waals surface area contributed by atoms with Crippen LogP contribution in [0, 0.1) is 6.92 Å². The number of carbonyl (C=O) groups is 1. The largest absolute Gasteiger partial charge is 0.494 e. The third-order valence-electron chi connectivity index (χ3n) is 6.27. The van der Waals surface area contributed by atoms with Gasteiger partial charge in [-0.15, -0.1) is 0 Å². The Morgan fingerprint density at radius 2 is 1.69 bits per heavy atom. The molecule has 7 nitrogen and oxygen atoms in total. The highest BCUT2D eigenvalue weighted by atomic mass is 16.5. The number of nitrogens with zero attached hydrogens (tertiary/aromatic N) is 3. The quantitative estimate of drug-likeness (QED) is 0.344. The maximum atomic E-state index is 13.3. The fourth-order valence-corrected chi connectivity index (χ4v) is 4.34. The van der Waals surface area contributed by atoms with E-state index in [2.05, 4.69) is 10.5 Å². The second-order valence-electron chi connectivity index (χ2n) is 8.74. The van der Waals surface area contributed by atoms with Crippen molar-refractivity contribution >= 4 is 11.6 Å². The van der Waals surface area contributed by atoms with Gasteiger partial charge in [-0.25, -0.2) is 4.79 Å². The molecule has 5 rings (SSSR count). The summed E-state index contributed by atoms with van der Waals surface area (Å²) < 4.78 is 11.3. The molecule has 2 heterocycles. The number of rotatable bonds is 7. The minimum Gasteiger partial charge on any atom is -0.494 e. The maximum Gasteiger partial charge on any atom is 0.322 e. The van der Waals surface area contributed by atoms with Gasteiger partial charge in [-0.1, -0.05) is 77.5 Å². The zero-order valence-corrected chi connectivity index (χ0v) is 20.6. The summed E-state index contributed by atoms with van der Waals surface area (Å²) in [6, 6.07) is 25.0. The molecule has 3 aromatic carbocycles. The summed E-state index contributed by atoms with van der Waals surface area (Å²) in [5, 5.41) is 7.39. The first-order valence-electron chi connectivity index (χ1n) is 12.0. The molecule has 1 aromatic heterocycles. The van der Waals surface area contributed by atoms with Gasteiger partial charge in [-0.3, -0.25) is 4.90 Å². The van der Waals surface area contributed by atoms with Crippen LogP contribution in [-0.4, -0.2) is 27.7 Å². The Morgan fingerprint density at radius 3 is 2.39 bits per heavy atom. The summed E-state index contributed by atoms with van der Waals surface area (Å²) in [6.45, 7) is 6.91.